The van der Waals surface area contributed by atoms with Gasteiger partial charge in [0.25, 0.3) is 11.8 Å². The molecule has 2 amide bonds. The van der Waals surface area contributed by atoms with Crippen LogP contribution in [0.2, 0.25) is 0 Å². The normalized spacial score (nSPS) is 10.9. The Morgan fingerprint density at radius 3 is 2.31 bits per heavy atom. The minimum atomic E-state index is -0.539. The molecule has 0 aliphatic carbocycles. The van der Waals surface area contributed by atoms with Crippen LogP contribution in [0.15, 0.2) is 113 Å². The predicted molar refractivity (Wildman–Crippen MR) is 136 cm³/mol. The Hall–Kier alpha value is -5.24. The van der Waals surface area contributed by atoms with E-state index in [1.165, 1.54) is 18.6 Å². The van der Waals surface area contributed by atoms with E-state index in [0.29, 0.717) is 22.6 Å². The van der Waals surface area contributed by atoms with E-state index in [0.717, 1.165) is 5.56 Å². The van der Waals surface area contributed by atoms with E-state index in [1.807, 2.05) is 30.3 Å². The average molecular weight is 479 g/mol. The lowest BCUT2D eigenvalue weighted by molar-refractivity contribution is -0.128. The molecule has 0 saturated heterocycles. The van der Waals surface area contributed by atoms with Gasteiger partial charge in [-0.1, -0.05) is 42.5 Å². The van der Waals surface area contributed by atoms with Crippen LogP contribution in [-0.2, 0) is 4.79 Å². The van der Waals surface area contributed by atoms with Crippen LogP contribution in [0.4, 0.5) is 5.69 Å². The summed E-state index contributed by atoms with van der Waals surface area (Å²) in [6.45, 7) is 0. The molecule has 0 spiro atoms. The Balaban J connectivity index is 1.33. The van der Waals surface area contributed by atoms with Gasteiger partial charge < -0.3 is 14.5 Å². The fourth-order valence-electron chi connectivity index (χ4n) is 3.08. The summed E-state index contributed by atoms with van der Waals surface area (Å²) in [7, 11) is 0. The fraction of sp³-hybridized carbons (Fsp3) is 0. The molecule has 8 nitrogen and oxygen atoms in total. The first-order chi connectivity index (χ1) is 17.6. The smallest absolute Gasteiger partial charge is 0.336 e. The monoisotopic (exact) mass is 479 g/mol. The quantitative estimate of drug-likeness (QED) is 0.123. The summed E-state index contributed by atoms with van der Waals surface area (Å²) in [4.78, 5) is 36.7. The second-order valence-corrected chi connectivity index (χ2v) is 7.41. The zero-order valence-electron chi connectivity index (χ0n) is 19.0. The summed E-state index contributed by atoms with van der Waals surface area (Å²) < 4.78 is 10.5. The lowest BCUT2D eigenvalue weighted by Crippen LogP contribution is -2.18. The molecule has 0 aliphatic rings. The maximum Gasteiger partial charge on any atom is 0.336 e. The van der Waals surface area contributed by atoms with Gasteiger partial charge in [-0.2, -0.15) is 5.10 Å². The van der Waals surface area contributed by atoms with Crippen LogP contribution in [0.25, 0.3) is 6.08 Å². The van der Waals surface area contributed by atoms with Gasteiger partial charge in [-0.3, -0.25) is 9.59 Å². The number of anilines is 1. The number of ether oxygens (including phenoxy) is 1. The highest BCUT2D eigenvalue weighted by Crippen LogP contribution is 2.17. The highest BCUT2D eigenvalue weighted by atomic mass is 16.5. The number of nitrogens with zero attached hydrogens (tertiary/aromatic N) is 1. The van der Waals surface area contributed by atoms with E-state index in [-0.39, 0.29) is 5.76 Å². The maximum absolute atomic E-state index is 12.4. The van der Waals surface area contributed by atoms with Gasteiger partial charge in [-0.15, -0.1) is 0 Å². The summed E-state index contributed by atoms with van der Waals surface area (Å²) in [5.41, 5.74) is 4.66. The van der Waals surface area contributed by atoms with E-state index in [4.69, 9.17) is 9.15 Å². The zero-order valence-corrected chi connectivity index (χ0v) is 19.0. The number of hydrogen-bond donors (Lipinski definition) is 2. The van der Waals surface area contributed by atoms with E-state index in [9.17, 15) is 14.4 Å². The number of amides is 2. The largest absolute Gasteiger partial charge is 0.459 e. The number of nitrogens with one attached hydrogen (secondary N) is 2. The third-order valence-electron chi connectivity index (χ3n) is 4.86. The Bertz CT molecular complexity index is 1390. The number of hydrazone groups is 1. The summed E-state index contributed by atoms with van der Waals surface area (Å²) >= 11 is 0. The van der Waals surface area contributed by atoms with Crippen LogP contribution in [-0.4, -0.2) is 24.0 Å². The third kappa shape index (κ3) is 6.64. The highest BCUT2D eigenvalue weighted by Gasteiger charge is 2.10. The number of carbonyl (C=O) groups excluding carboxylic acids is 3. The minimum absolute atomic E-state index is 0.185. The van der Waals surface area contributed by atoms with Crippen molar-refractivity contribution in [3.05, 3.63) is 126 Å². The Morgan fingerprint density at radius 1 is 0.806 bits per heavy atom. The maximum atomic E-state index is 12.4. The molecule has 0 atom stereocenters. The molecule has 0 radical (unpaired) electrons. The van der Waals surface area contributed by atoms with Gasteiger partial charge in [-0.25, -0.2) is 10.2 Å². The molecule has 0 aliphatic heterocycles. The minimum Gasteiger partial charge on any atom is -0.459 e. The molecule has 0 unspecified atom stereocenters. The number of esters is 1. The molecule has 1 aromatic heterocycles. The number of rotatable bonds is 8. The van der Waals surface area contributed by atoms with E-state index in [1.54, 1.807) is 66.7 Å². The lowest BCUT2D eigenvalue weighted by atomic mass is 10.2. The van der Waals surface area contributed by atoms with Crippen molar-refractivity contribution in [2.45, 2.75) is 0 Å². The number of hydrogen-bond acceptors (Lipinski definition) is 6. The van der Waals surface area contributed by atoms with Gasteiger partial charge in [0, 0.05) is 22.9 Å². The number of benzene rings is 3. The van der Waals surface area contributed by atoms with Crippen molar-refractivity contribution < 1.29 is 23.5 Å². The first kappa shape index (κ1) is 23.9. The average Bonchev–Trinajstić information content (AvgIpc) is 3.45. The van der Waals surface area contributed by atoms with Gasteiger partial charge in [0.05, 0.1) is 12.5 Å². The predicted octanol–water partition coefficient (Wildman–Crippen LogP) is 4.91. The molecule has 8 heteroatoms. The number of carbonyl (C=O) groups is 3. The molecule has 0 bridgehead atoms. The second-order valence-electron chi connectivity index (χ2n) is 7.41. The zero-order chi connectivity index (χ0) is 25.2. The van der Waals surface area contributed by atoms with Crippen molar-refractivity contribution in [1.82, 2.24) is 5.43 Å². The van der Waals surface area contributed by atoms with Crippen molar-refractivity contribution in [2.24, 2.45) is 5.10 Å². The van der Waals surface area contributed by atoms with Crippen molar-refractivity contribution in [1.29, 1.82) is 0 Å². The van der Waals surface area contributed by atoms with Crippen molar-refractivity contribution in [3.63, 3.8) is 0 Å². The molecule has 36 heavy (non-hydrogen) atoms. The van der Waals surface area contributed by atoms with Crippen molar-refractivity contribution >= 4 is 35.8 Å². The molecule has 2 N–H and O–H groups in total. The van der Waals surface area contributed by atoms with Crippen LogP contribution in [0.3, 0.4) is 0 Å². The third-order valence-corrected chi connectivity index (χ3v) is 4.86. The van der Waals surface area contributed by atoms with Gasteiger partial charge >= 0.3 is 5.97 Å². The van der Waals surface area contributed by atoms with Gasteiger partial charge in [-0.05, 0) is 60.2 Å². The van der Waals surface area contributed by atoms with Crippen LogP contribution in [0.5, 0.6) is 5.75 Å². The SMILES string of the molecule is O=C(/C=C/c1ccccc1)Oc1ccccc1/C=N\NC(=O)c1ccc(NC(=O)c2ccco2)cc1. The fourth-order valence-corrected chi connectivity index (χ4v) is 3.08. The first-order valence-corrected chi connectivity index (χ1v) is 10.9. The summed E-state index contributed by atoms with van der Waals surface area (Å²) in [5, 5.41) is 6.64. The summed E-state index contributed by atoms with van der Waals surface area (Å²) in [5.74, 6) is -0.894. The van der Waals surface area contributed by atoms with Crippen LogP contribution in [0.1, 0.15) is 32.0 Å². The van der Waals surface area contributed by atoms with Crippen LogP contribution < -0.4 is 15.5 Å². The standard InChI is InChI=1S/C28H21N3O5/c32-26(17-12-20-7-2-1-3-8-20)36-24-10-5-4-9-22(24)19-29-31-27(33)21-13-15-23(16-14-21)30-28(34)25-11-6-18-35-25/h1-19H,(H,30,34)(H,31,33)/b17-12+,29-19-. The van der Waals surface area contributed by atoms with E-state index >= 15 is 0 Å². The summed E-state index contributed by atoms with van der Waals surface area (Å²) in [6.07, 6.45) is 5.80. The van der Waals surface area contributed by atoms with E-state index in [2.05, 4.69) is 15.8 Å². The Morgan fingerprint density at radius 2 is 1.56 bits per heavy atom. The van der Waals surface area contributed by atoms with Crippen molar-refractivity contribution in [2.75, 3.05) is 5.32 Å². The molecule has 4 rings (SSSR count). The highest BCUT2D eigenvalue weighted by molar-refractivity contribution is 6.02. The Labute approximate surface area is 206 Å². The molecule has 3 aromatic carbocycles. The van der Waals surface area contributed by atoms with Crippen molar-refractivity contribution in [3.8, 4) is 5.75 Å². The van der Waals surface area contributed by atoms with Gasteiger partial charge in [0.2, 0.25) is 0 Å². The van der Waals surface area contributed by atoms with Gasteiger partial charge in [0.1, 0.15) is 5.75 Å². The summed E-state index contributed by atoms with van der Waals surface area (Å²) in [6, 6.07) is 25.7. The van der Waals surface area contributed by atoms with Crippen LogP contribution in [0, 0.1) is 0 Å². The molecule has 0 saturated carbocycles. The van der Waals surface area contributed by atoms with Crippen LogP contribution >= 0.6 is 0 Å². The van der Waals surface area contributed by atoms with Gasteiger partial charge in [0.15, 0.2) is 5.76 Å². The molecular formula is C28H21N3O5. The second kappa shape index (κ2) is 11.8. The molecular weight excluding hydrogens is 458 g/mol. The molecule has 4 aromatic rings. The first-order valence-electron chi connectivity index (χ1n) is 10.9. The van der Waals surface area contributed by atoms with E-state index < -0.39 is 17.8 Å². The molecule has 0 fully saturated rings. The molecule has 1 heterocycles. The Kier molecular flexibility index (Phi) is 7.81. The topological polar surface area (TPSA) is 110 Å². The number of para-hydroxylation sites is 1. The molecule has 178 valence electrons. The number of furan rings is 1. The lowest BCUT2D eigenvalue weighted by Gasteiger charge is -2.06.